The highest BCUT2D eigenvalue weighted by atomic mass is 32.1. The third-order valence-electron chi connectivity index (χ3n) is 3.95. The van der Waals surface area contributed by atoms with Crippen LogP contribution in [0.25, 0.3) is 0 Å². The molecule has 2 N–H and O–H groups in total. The van der Waals surface area contributed by atoms with Crippen molar-refractivity contribution in [2.45, 2.75) is 65.5 Å². The standard InChI is InChI=1S/C14H30N2OS/c1-7-11(9-14(5,8-2)16-18)12(15-6)13(17)10(3)4/h10-12,15-16,18H,7-9H2,1-6H3. The predicted octanol–water partition coefficient (Wildman–Crippen LogP) is 2.82. The Hall–Kier alpha value is -0.0600. The summed E-state index contributed by atoms with van der Waals surface area (Å²) in [6.07, 6.45) is 2.95. The van der Waals surface area contributed by atoms with Crippen LogP contribution in [0.2, 0.25) is 0 Å². The van der Waals surface area contributed by atoms with Gasteiger partial charge in [0.1, 0.15) is 0 Å². The van der Waals surface area contributed by atoms with E-state index in [9.17, 15) is 4.79 Å². The Labute approximate surface area is 118 Å². The van der Waals surface area contributed by atoms with Gasteiger partial charge in [-0.25, -0.2) is 0 Å². The van der Waals surface area contributed by atoms with E-state index in [-0.39, 0.29) is 17.5 Å². The van der Waals surface area contributed by atoms with E-state index in [1.54, 1.807) is 0 Å². The molecule has 0 rings (SSSR count). The molecule has 0 aliphatic rings. The second-order valence-electron chi connectivity index (χ2n) is 5.72. The van der Waals surface area contributed by atoms with Crippen LogP contribution >= 0.6 is 12.8 Å². The van der Waals surface area contributed by atoms with Gasteiger partial charge < -0.3 is 5.32 Å². The topological polar surface area (TPSA) is 41.1 Å². The maximum Gasteiger partial charge on any atom is 0.152 e. The van der Waals surface area contributed by atoms with Gasteiger partial charge in [0.15, 0.2) is 5.78 Å². The van der Waals surface area contributed by atoms with Crippen molar-refractivity contribution in [3.63, 3.8) is 0 Å². The molecule has 0 aromatic carbocycles. The van der Waals surface area contributed by atoms with Crippen LogP contribution in [0.15, 0.2) is 0 Å². The highest BCUT2D eigenvalue weighted by Crippen LogP contribution is 2.27. The molecular formula is C14H30N2OS. The Balaban J connectivity index is 4.88. The quantitative estimate of drug-likeness (QED) is 0.566. The number of carbonyl (C=O) groups is 1. The third-order valence-corrected chi connectivity index (χ3v) is 4.49. The highest BCUT2D eigenvalue weighted by Gasteiger charge is 2.32. The minimum atomic E-state index is -0.0532. The number of nitrogens with one attached hydrogen (secondary N) is 2. The average Bonchev–Trinajstić information content (AvgIpc) is 2.37. The van der Waals surface area contributed by atoms with Crippen molar-refractivity contribution in [2.24, 2.45) is 11.8 Å². The summed E-state index contributed by atoms with van der Waals surface area (Å²) in [5, 5.41) is 3.20. The molecule has 4 heteroatoms. The smallest absolute Gasteiger partial charge is 0.152 e. The molecule has 0 aromatic heterocycles. The molecule has 108 valence electrons. The van der Waals surface area contributed by atoms with Gasteiger partial charge in [-0.3, -0.25) is 9.52 Å². The summed E-state index contributed by atoms with van der Waals surface area (Å²) in [5.41, 5.74) is -0.0177. The second kappa shape index (κ2) is 8.18. The van der Waals surface area contributed by atoms with Gasteiger partial charge in [0.2, 0.25) is 0 Å². The number of hydrogen-bond acceptors (Lipinski definition) is 4. The van der Waals surface area contributed by atoms with Crippen molar-refractivity contribution >= 4 is 18.6 Å². The Morgan fingerprint density at radius 2 is 1.89 bits per heavy atom. The first kappa shape index (κ1) is 17.9. The van der Waals surface area contributed by atoms with Gasteiger partial charge in [0, 0.05) is 11.5 Å². The summed E-state index contributed by atoms with van der Waals surface area (Å²) in [6.45, 7) is 10.4. The van der Waals surface area contributed by atoms with Crippen molar-refractivity contribution < 1.29 is 4.79 Å². The number of rotatable bonds is 9. The average molecular weight is 274 g/mol. The van der Waals surface area contributed by atoms with E-state index >= 15 is 0 Å². The van der Waals surface area contributed by atoms with E-state index in [1.165, 1.54) is 0 Å². The molecule has 0 aromatic rings. The lowest BCUT2D eigenvalue weighted by atomic mass is 9.79. The minimum absolute atomic E-state index is 0.0177. The van der Waals surface area contributed by atoms with Gasteiger partial charge >= 0.3 is 0 Å². The van der Waals surface area contributed by atoms with Gasteiger partial charge in [-0.15, -0.1) is 0 Å². The molecule has 0 fully saturated rings. The molecule has 3 atom stereocenters. The fourth-order valence-corrected chi connectivity index (χ4v) is 2.56. The number of Topliss-reactive ketones (excluding diaryl/α,β-unsaturated/α-hetero) is 1. The maximum absolute atomic E-state index is 12.2. The highest BCUT2D eigenvalue weighted by molar-refractivity contribution is 7.78. The zero-order chi connectivity index (χ0) is 14.3. The van der Waals surface area contributed by atoms with Crippen molar-refractivity contribution in [1.29, 1.82) is 0 Å². The fraction of sp³-hybridized carbons (Fsp3) is 0.929. The Morgan fingerprint density at radius 3 is 2.17 bits per heavy atom. The van der Waals surface area contributed by atoms with E-state index < -0.39 is 0 Å². The number of thiol groups is 1. The number of ketones is 1. The summed E-state index contributed by atoms with van der Waals surface area (Å²) in [4.78, 5) is 12.2. The van der Waals surface area contributed by atoms with Crippen LogP contribution < -0.4 is 10.0 Å². The molecule has 0 spiro atoms. The Bertz CT molecular complexity index is 252. The SMILES string of the molecule is CCC(CC(C)(CC)NS)C(NC)C(=O)C(C)C. The van der Waals surface area contributed by atoms with Crippen molar-refractivity contribution in [2.75, 3.05) is 7.05 Å². The molecule has 3 nitrogen and oxygen atoms in total. The van der Waals surface area contributed by atoms with Crippen molar-refractivity contribution in [1.82, 2.24) is 10.0 Å². The summed E-state index contributed by atoms with van der Waals surface area (Å²) in [5.74, 6) is 0.727. The minimum Gasteiger partial charge on any atom is -0.310 e. The molecule has 0 aliphatic heterocycles. The fourth-order valence-electron chi connectivity index (χ4n) is 2.31. The molecule has 0 aliphatic carbocycles. The Kier molecular flexibility index (Phi) is 8.15. The van der Waals surface area contributed by atoms with Gasteiger partial charge in [-0.2, -0.15) is 0 Å². The van der Waals surface area contributed by atoms with Crippen molar-refractivity contribution in [3.05, 3.63) is 0 Å². The van der Waals surface area contributed by atoms with Crippen LogP contribution in [0.1, 0.15) is 53.9 Å². The molecule has 18 heavy (non-hydrogen) atoms. The number of likely N-dealkylation sites (N-methyl/N-ethyl adjacent to an activating group) is 1. The van der Waals surface area contributed by atoms with Crippen LogP contribution in [-0.4, -0.2) is 24.4 Å². The third kappa shape index (κ3) is 4.90. The Morgan fingerprint density at radius 1 is 1.33 bits per heavy atom. The molecule has 3 unspecified atom stereocenters. The van der Waals surface area contributed by atoms with E-state index in [0.717, 1.165) is 19.3 Å². The first-order chi connectivity index (χ1) is 8.35. The predicted molar refractivity (Wildman–Crippen MR) is 81.9 cm³/mol. The number of hydrogen-bond donors (Lipinski definition) is 3. The van der Waals surface area contributed by atoms with E-state index in [1.807, 2.05) is 20.9 Å². The molecule has 0 heterocycles. The lowest BCUT2D eigenvalue weighted by Crippen LogP contribution is -2.47. The summed E-state index contributed by atoms with van der Waals surface area (Å²) < 4.78 is 3.10. The van der Waals surface area contributed by atoms with Gasteiger partial charge in [0.25, 0.3) is 0 Å². The first-order valence-corrected chi connectivity index (χ1v) is 7.42. The first-order valence-electron chi connectivity index (χ1n) is 6.97. The van der Waals surface area contributed by atoms with Crippen LogP contribution in [0, 0.1) is 11.8 Å². The monoisotopic (exact) mass is 274 g/mol. The lowest BCUT2D eigenvalue weighted by molar-refractivity contribution is -0.125. The molecular weight excluding hydrogens is 244 g/mol. The van der Waals surface area contributed by atoms with Gasteiger partial charge in [0.05, 0.1) is 6.04 Å². The van der Waals surface area contributed by atoms with Crippen molar-refractivity contribution in [3.8, 4) is 0 Å². The zero-order valence-electron chi connectivity index (χ0n) is 12.7. The van der Waals surface area contributed by atoms with Crippen LogP contribution in [-0.2, 0) is 4.79 Å². The summed E-state index contributed by atoms with van der Waals surface area (Å²) in [6, 6.07) is -0.0532. The lowest BCUT2D eigenvalue weighted by Gasteiger charge is -2.35. The normalized spacial score (nSPS) is 18.4. The molecule has 0 saturated carbocycles. The summed E-state index contributed by atoms with van der Waals surface area (Å²) >= 11 is 4.23. The van der Waals surface area contributed by atoms with Gasteiger partial charge in [-0.1, -0.05) is 46.9 Å². The van der Waals surface area contributed by atoms with E-state index in [4.69, 9.17) is 0 Å². The van der Waals surface area contributed by atoms with Crippen LogP contribution in [0.5, 0.6) is 0 Å². The van der Waals surface area contributed by atoms with Gasteiger partial charge in [-0.05, 0) is 32.7 Å². The molecule has 0 radical (unpaired) electrons. The molecule has 0 saturated heterocycles. The van der Waals surface area contributed by atoms with Crippen LogP contribution in [0.3, 0.4) is 0 Å². The van der Waals surface area contributed by atoms with E-state index in [2.05, 4.69) is 43.6 Å². The zero-order valence-corrected chi connectivity index (χ0v) is 13.6. The van der Waals surface area contributed by atoms with E-state index in [0.29, 0.717) is 11.7 Å². The second-order valence-corrected chi connectivity index (χ2v) is 5.95. The number of carbonyl (C=O) groups excluding carboxylic acids is 1. The largest absolute Gasteiger partial charge is 0.310 e. The molecule has 0 bridgehead atoms. The molecule has 0 amide bonds. The van der Waals surface area contributed by atoms with Crippen LogP contribution in [0.4, 0.5) is 0 Å². The summed E-state index contributed by atoms with van der Waals surface area (Å²) in [7, 11) is 1.88. The maximum atomic E-state index is 12.2.